The van der Waals surface area contributed by atoms with Crippen molar-refractivity contribution in [3.8, 4) is 0 Å². The van der Waals surface area contributed by atoms with Gasteiger partial charge in [0.25, 0.3) is 0 Å². The zero-order valence-electron chi connectivity index (χ0n) is 31.9. The van der Waals surface area contributed by atoms with Gasteiger partial charge in [0.05, 0.1) is 32.0 Å². The van der Waals surface area contributed by atoms with Crippen LogP contribution in [0.2, 0.25) is 0 Å². The number of carboxylic acids is 4. The lowest BCUT2D eigenvalue weighted by Gasteiger charge is -2.36. The number of aliphatic hydroxyl groups is 11. The Hall–Kier alpha value is -4.90. The summed E-state index contributed by atoms with van der Waals surface area (Å²) in [7, 11) is 0. The molecular formula is C38H56O19. The predicted molar refractivity (Wildman–Crippen MR) is 204 cm³/mol. The normalized spacial score (nSPS) is 19.1. The van der Waals surface area contributed by atoms with Crippen molar-refractivity contribution in [1.82, 2.24) is 0 Å². The van der Waals surface area contributed by atoms with Crippen LogP contribution >= 0.6 is 0 Å². The van der Waals surface area contributed by atoms with Crippen LogP contribution in [0.25, 0.3) is 5.57 Å². The second-order valence-corrected chi connectivity index (χ2v) is 12.0. The Morgan fingerprint density at radius 2 is 1.04 bits per heavy atom. The highest BCUT2D eigenvalue weighted by Crippen LogP contribution is 2.44. The van der Waals surface area contributed by atoms with E-state index in [1.54, 1.807) is 13.0 Å². The molecule has 1 aromatic rings. The molecule has 1 aliphatic carbocycles. The molecule has 19 nitrogen and oxygen atoms in total. The molecule has 1 aliphatic rings. The monoisotopic (exact) mass is 816 g/mol. The van der Waals surface area contributed by atoms with E-state index < -0.39 is 92.5 Å². The van der Waals surface area contributed by atoms with E-state index >= 15 is 0 Å². The van der Waals surface area contributed by atoms with Crippen LogP contribution in [0.4, 0.5) is 0 Å². The Morgan fingerprint density at radius 3 is 1.35 bits per heavy atom. The van der Waals surface area contributed by atoms with E-state index in [9.17, 15) is 24.3 Å². The van der Waals surface area contributed by atoms with E-state index in [2.05, 4.69) is 13.2 Å². The van der Waals surface area contributed by atoms with E-state index in [1.165, 1.54) is 12.2 Å². The van der Waals surface area contributed by atoms with Crippen molar-refractivity contribution in [2.75, 3.05) is 26.4 Å². The lowest BCUT2D eigenvalue weighted by Crippen LogP contribution is -2.41. The van der Waals surface area contributed by atoms with Gasteiger partial charge in [-0.25, -0.2) is 19.2 Å². The van der Waals surface area contributed by atoms with Gasteiger partial charge in [-0.05, 0) is 72.4 Å². The summed E-state index contributed by atoms with van der Waals surface area (Å²) in [5, 5.41) is 129. The van der Waals surface area contributed by atoms with Crippen molar-refractivity contribution < 1.29 is 95.8 Å². The topological polar surface area (TPSA) is 372 Å². The SMILES string of the molecule is C=CC(=O)O.C=CC(=O)O.Cc1cccc(C2=C(C=CC(=O)O)C(C=CC(=O)O)=CC(C)(O)C2C)c1C.OC[C@@H](O)[C@H](O)[C@@H](O)CO.OC[C@@H](O)[C@H](O)[C@@H](O)CO. The molecule has 0 saturated heterocycles. The molecule has 2 unspecified atom stereocenters. The van der Waals surface area contributed by atoms with Gasteiger partial charge < -0.3 is 76.6 Å². The Kier molecular flexibility index (Phi) is 29.1. The summed E-state index contributed by atoms with van der Waals surface area (Å²) in [5.41, 5.74) is 3.62. The Morgan fingerprint density at radius 1 is 0.684 bits per heavy atom. The van der Waals surface area contributed by atoms with Crippen molar-refractivity contribution in [3.63, 3.8) is 0 Å². The maximum Gasteiger partial charge on any atom is 0.328 e. The van der Waals surface area contributed by atoms with E-state index in [1.807, 2.05) is 39.0 Å². The molecule has 0 heterocycles. The van der Waals surface area contributed by atoms with Gasteiger partial charge in [0.1, 0.15) is 36.6 Å². The molecule has 8 atom stereocenters. The zero-order chi connectivity index (χ0) is 45.2. The molecule has 2 rings (SSSR count). The second kappa shape index (κ2) is 29.4. The van der Waals surface area contributed by atoms with E-state index in [0.717, 1.165) is 46.6 Å². The second-order valence-electron chi connectivity index (χ2n) is 12.0. The van der Waals surface area contributed by atoms with E-state index in [0.29, 0.717) is 11.1 Å². The molecule has 0 saturated carbocycles. The van der Waals surface area contributed by atoms with Gasteiger partial charge in [-0.15, -0.1) is 0 Å². The van der Waals surface area contributed by atoms with Gasteiger partial charge >= 0.3 is 23.9 Å². The van der Waals surface area contributed by atoms with Gasteiger partial charge in [0, 0.05) is 30.2 Å². The first kappa shape index (κ1) is 56.4. The number of rotatable bonds is 15. The summed E-state index contributed by atoms with van der Waals surface area (Å²) in [5.74, 6) is -4.51. The predicted octanol–water partition coefficient (Wildman–Crippen LogP) is -1.71. The van der Waals surface area contributed by atoms with Gasteiger partial charge in [0.2, 0.25) is 0 Å². The van der Waals surface area contributed by atoms with Gasteiger partial charge in [-0.3, -0.25) is 0 Å². The fourth-order valence-electron chi connectivity index (χ4n) is 4.20. The first-order valence-corrected chi connectivity index (χ1v) is 16.7. The number of carboxylic acid groups (broad SMARTS) is 4. The standard InChI is InChI=1S/C22H24O5.2C5H12O5.2C3H4O2/c1-13-6-5-7-17(14(13)2)21-15(3)22(4,27)12-16(8-10-19(23)24)18(21)9-11-20(25)26;2*6-1-3(8)5(10)4(9)2-7;2*1-2-3(4)5/h5-12,15,27H,1-4H3,(H,23,24)(H,25,26);2*3-10H,1-2H2;2*2H,1H2,(H,4,5)/t;2*3-,4+,5+;;. The van der Waals surface area contributed by atoms with Crippen molar-refractivity contribution in [1.29, 1.82) is 0 Å². The minimum Gasteiger partial charge on any atom is -0.478 e. The average molecular weight is 817 g/mol. The van der Waals surface area contributed by atoms with Crippen molar-refractivity contribution >= 4 is 29.5 Å². The molecule has 0 spiro atoms. The molecule has 322 valence electrons. The minimum atomic E-state index is -1.49. The van der Waals surface area contributed by atoms with Crippen molar-refractivity contribution in [2.45, 2.75) is 69.9 Å². The van der Waals surface area contributed by atoms with Crippen LogP contribution in [0.3, 0.4) is 0 Å². The molecule has 0 amide bonds. The van der Waals surface area contributed by atoms with Crippen molar-refractivity contribution in [3.05, 3.63) is 102 Å². The van der Waals surface area contributed by atoms with Gasteiger partial charge in [0.15, 0.2) is 0 Å². The van der Waals surface area contributed by atoms with E-state index in [4.69, 9.17) is 71.5 Å². The summed E-state index contributed by atoms with van der Waals surface area (Å²) in [6, 6.07) is 5.83. The number of aliphatic carboxylic acids is 4. The summed E-state index contributed by atoms with van der Waals surface area (Å²) >= 11 is 0. The molecule has 1 aromatic carbocycles. The number of aliphatic hydroxyl groups excluding tert-OH is 10. The lowest BCUT2D eigenvalue weighted by atomic mass is 9.71. The van der Waals surface area contributed by atoms with Crippen LogP contribution in [0.1, 0.15) is 30.5 Å². The quantitative estimate of drug-likeness (QED) is 0.0876. The lowest BCUT2D eigenvalue weighted by molar-refractivity contribution is -0.132. The first-order valence-electron chi connectivity index (χ1n) is 16.7. The number of allylic oxidation sites excluding steroid dienone is 4. The molecule has 0 fully saturated rings. The third-order valence-electron chi connectivity index (χ3n) is 7.73. The summed E-state index contributed by atoms with van der Waals surface area (Å²) in [6.45, 7) is 10.9. The number of hydrogen-bond acceptors (Lipinski definition) is 15. The van der Waals surface area contributed by atoms with E-state index in [-0.39, 0.29) is 5.92 Å². The molecular weight excluding hydrogens is 760 g/mol. The van der Waals surface area contributed by atoms with Gasteiger partial charge in [-0.2, -0.15) is 0 Å². The number of aryl methyl sites for hydroxylation is 1. The fourth-order valence-corrected chi connectivity index (χ4v) is 4.20. The molecule has 15 N–H and O–H groups in total. The maximum absolute atomic E-state index is 11.1. The van der Waals surface area contributed by atoms with Gasteiger partial charge in [-0.1, -0.05) is 38.3 Å². The molecule has 19 heteroatoms. The fraction of sp³-hybridized carbons (Fsp3) is 0.421. The van der Waals surface area contributed by atoms with Crippen LogP contribution in [-0.4, -0.2) is 169 Å². The molecule has 0 bridgehead atoms. The van der Waals surface area contributed by atoms with Crippen LogP contribution in [0.5, 0.6) is 0 Å². The maximum atomic E-state index is 11.1. The van der Waals surface area contributed by atoms with Crippen LogP contribution in [-0.2, 0) is 19.2 Å². The summed E-state index contributed by atoms with van der Waals surface area (Å²) < 4.78 is 0. The number of benzene rings is 1. The first-order chi connectivity index (χ1) is 26.3. The highest BCUT2D eigenvalue weighted by molar-refractivity contribution is 5.87. The minimum absolute atomic E-state index is 0.326. The molecule has 57 heavy (non-hydrogen) atoms. The van der Waals surface area contributed by atoms with Crippen LogP contribution in [0, 0.1) is 19.8 Å². The largest absolute Gasteiger partial charge is 0.478 e. The molecule has 0 radical (unpaired) electrons. The highest BCUT2D eigenvalue weighted by atomic mass is 16.4. The number of hydrogen-bond donors (Lipinski definition) is 15. The molecule has 0 aliphatic heterocycles. The summed E-state index contributed by atoms with van der Waals surface area (Å²) in [6.07, 6.45) is -0.493. The Labute approximate surface area is 329 Å². The summed E-state index contributed by atoms with van der Waals surface area (Å²) in [4.78, 5) is 40.6. The smallest absolute Gasteiger partial charge is 0.328 e. The Bertz CT molecular complexity index is 1500. The molecule has 0 aromatic heterocycles. The zero-order valence-corrected chi connectivity index (χ0v) is 31.9. The third kappa shape index (κ3) is 22.4. The van der Waals surface area contributed by atoms with Crippen LogP contribution in [0.15, 0.2) is 85.0 Å². The highest BCUT2D eigenvalue weighted by Gasteiger charge is 2.36. The average Bonchev–Trinajstić information content (AvgIpc) is 3.17. The third-order valence-corrected chi connectivity index (χ3v) is 7.73. The van der Waals surface area contributed by atoms with Crippen LogP contribution < -0.4 is 0 Å². The Balaban J connectivity index is -0.000000794. The number of carbonyl (C=O) groups is 4. The van der Waals surface area contributed by atoms with Crippen molar-refractivity contribution in [2.24, 2.45) is 5.92 Å².